The normalized spacial score (nSPS) is 10.3. The van der Waals surface area contributed by atoms with E-state index in [1.54, 1.807) is 0 Å². The number of ketones is 1. The Morgan fingerprint density at radius 3 is 2.53 bits per heavy atom. The maximum atomic E-state index is 11.0. The number of benzene rings is 1. The monoisotopic (exact) mass is 236 g/mol. The Bertz CT molecular complexity index is 410. The smallest absolute Gasteiger partial charge is 0.372 e. The van der Waals surface area contributed by atoms with E-state index in [4.69, 9.17) is 9.84 Å². The van der Waals surface area contributed by atoms with Gasteiger partial charge in [-0.2, -0.15) is 0 Å². The van der Waals surface area contributed by atoms with Crippen LogP contribution in [0.1, 0.15) is 25.8 Å². The molecule has 0 amide bonds. The third-order valence-corrected chi connectivity index (χ3v) is 2.20. The Morgan fingerprint density at radius 1 is 1.29 bits per heavy atom. The zero-order valence-electron chi connectivity index (χ0n) is 9.97. The molecule has 0 aliphatic carbocycles. The summed E-state index contributed by atoms with van der Waals surface area (Å²) in [4.78, 5) is 21.4. The second-order valence-corrected chi connectivity index (χ2v) is 4.00. The third-order valence-electron chi connectivity index (χ3n) is 2.20. The standard InChI is InChI=1S/C13H16O4/c1-9(2)17-12-6-4-3-5-10(12)7-8-11(14)13(15)16/h3-6,9H,7-8H2,1-2H3,(H,15,16). The maximum Gasteiger partial charge on any atom is 0.372 e. The molecule has 0 heterocycles. The highest BCUT2D eigenvalue weighted by Gasteiger charge is 2.13. The lowest BCUT2D eigenvalue weighted by atomic mass is 10.1. The Hall–Kier alpha value is -1.84. The number of Topliss-reactive ketones (excluding diaryl/α,β-unsaturated/α-hetero) is 1. The molecule has 1 N–H and O–H groups in total. The molecule has 1 aromatic carbocycles. The van der Waals surface area contributed by atoms with Gasteiger partial charge in [0.15, 0.2) is 0 Å². The Kier molecular flexibility index (Phi) is 4.69. The molecule has 1 rings (SSSR count). The van der Waals surface area contributed by atoms with Crippen LogP contribution in [0.3, 0.4) is 0 Å². The number of hydrogen-bond acceptors (Lipinski definition) is 3. The van der Waals surface area contributed by atoms with Gasteiger partial charge < -0.3 is 9.84 Å². The van der Waals surface area contributed by atoms with Crippen molar-refractivity contribution in [3.63, 3.8) is 0 Å². The second-order valence-electron chi connectivity index (χ2n) is 4.00. The SMILES string of the molecule is CC(C)Oc1ccccc1CCC(=O)C(=O)O. The fourth-order valence-corrected chi connectivity index (χ4v) is 1.43. The number of rotatable bonds is 6. The molecular weight excluding hydrogens is 220 g/mol. The first-order chi connectivity index (χ1) is 8.00. The van der Waals surface area contributed by atoms with E-state index in [1.807, 2.05) is 38.1 Å². The zero-order chi connectivity index (χ0) is 12.8. The van der Waals surface area contributed by atoms with E-state index in [0.717, 1.165) is 5.56 Å². The summed E-state index contributed by atoms with van der Waals surface area (Å²) in [6.45, 7) is 3.83. The van der Waals surface area contributed by atoms with Gasteiger partial charge in [0.05, 0.1) is 6.10 Å². The first-order valence-corrected chi connectivity index (χ1v) is 5.51. The summed E-state index contributed by atoms with van der Waals surface area (Å²) >= 11 is 0. The predicted octanol–water partition coefficient (Wildman–Crippen LogP) is 2.06. The van der Waals surface area contributed by atoms with Gasteiger partial charge in [-0.3, -0.25) is 4.79 Å². The van der Waals surface area contributed by atoms with Gasteiger partial charge in [-0.15, -0.1) is 0 Å². The van der Waals surface area contributed by atoms with Crippen molar-refractivity contribution in [2.45, 2.75) is 32.8 Å². The molecule has 0 saturated carbocycles. The van der Waals surface area contributed by atoms with Crippen molar-refractivity contribution in [1.29, 1.82) is 0 Å². The molecule has 0 aromatic heterocycles. The average Bonchev–Trinajstić information content (AvgIpc) is 2.26. The van der Waals surface area contributed by atoms with E-state index in [1.165, 1.54) is 0 Å². The number of carbonyl (C=O) groups is 2. The number of aryl methyl sites for hydroxylation is 1. The average molecular weight is 236 g/mol. The lowest BCUT2D eigenvalue weighted by Gasteiger charge is -2.13. The lowest BCUT2D eigenvalue weighted by molar-refractivity contribution is -0.149. The molecule has 0 bridgehead atoms. The molecule has 17 heavy (non-hydrogen) atoms. The van der Waals surface area contributed by atoms with Crippen LogP contribution in [-0.2, 0) is 16.0 Å². The van der Waals surface area contributed by atoms with Crippen molar-refractivity contribution in [3.8, 4) is 5.75 Å². The molecule has 0 radical (unpaired) electrons. The molecule has 0 spiro atoms. The van der Waals surface area contributed by atoms with Gasteiger partial charge in [0.2, 0.25) is 5.78 Å². The first-order valence-electron chi connectivity index (χ1n) is 5.51. The molecule has 4 nitrogen and oxygen atoms in total. The van der Waals surface area contributed by atoms with E-state index in [2.05, 4.69) is 0 Å². The molecule has 1 aromatic rings. The third kappa shape index (κ3) is 4.26. The second kappa shape index (κ2) is 6.03. The number of carbonyl (C=O) groups excluding carboxylic acids is 1. The van der Waals surface area contributed by atoms with Crippen molar-refractivity contribution < 1.29 is 19.4 Å². The van der Waals surface area contributed by atoms with Crippen molar-refractivity contribution in [2.75, 3.05) is 0 Å². The first kappa shape index (κ1) is 13.2. The molecular formula is C13H16O4. The minimum absolute atomic E-state index is 0.00615. The maximum absolute atomic E-state index is 11.0. The van der Waals surface area contributed by atoms with Gasteiger partial charge in [-0.1, -0.05) is 18.2 Å². The molecule has 0 saturated heterocycles. The number of carboxylic acid groups (broad SMARTS) is 1. The van der Waals surface area contributed by atoms with E-state index in [-0.39, 0.29) is 12.5 Å². The zero-order valence-corrected chi connectivity index (χ0v) is 9.97. The van der Waals surface area contributed by atoms with E-state index < -0.39 is 11.8 Å². The van der Waals surface area contributed by atoms with Crippen molar-refractivity contribution in [2.24, 2.45) is 0 Å². The topological polar surface area (TPSA) is 63.6 Å². The fraction of sp³-hybridized carbons (Fsp3) is 0.385. The molecule has 0 unspecified atom stereocenters. The van der Waals surface area contributed by atoms with Crippen LogP contribution in [0.4, 0.5) is 0 Å². The van der Waals surface area contributed by atoms with Crippen LogP contribution in [0.25, 0.3) is 0 Å². The number of carboxylic acids is 1. The van der Waals surface area contributed by atoms with Gasteiger partial charge >= 0.3 is 5.97 Å². The number of aliphatic carboxylic acids is 1. The van der Waals surface area contributed by atoms with Crippen LogP contribution < -0.4 is 4.74 Å². The quantitative estimate of drug-likeness (QED) is 0.768. The van der Waals surface area contributed by atoms with Crippen LogP contribution in [0, 0.1) is 0 Å². The number of ether oxygens (including phenoxy) is 1. The highest BCUT2D eigenvalue weighted by Crippen LogP contribution is 2.20. The van der Waals surface area contributed by atoms with Crippen molar-refractivity contribution >= 4 is 11.8 Å². The van der Waals surface area contributed by atoms with E-state index in [9.17, 15) is 9.59 Å². The molecule has 92 valence electrons. The van der Waals surface area contributed by atoms with E-state index in [0.29, 0.717) is 12.2 Å². The summed E-state index contributed by atoms with van der Waals surface area (Å²) in [5.41, 5.74) is 0.857. The summed E-state index contributed by atoms with van der Waals surface area (Å²) < 4.78 is 5.58. The fourth-order valence-electron chi connectivity index (χ4n) is 1.43. The summed E-state index contributed by atoms with van der Waals surface area (Å²) in [6, 6.07) is 7.35. The van der Waals surface area contributed by atoms with Gasteiger partial charge in [0, 0.05) is 6.42 Å². The molecule has 0 fully saturated rings. The summed E-state index contributed by atoms with van der Waals surface area (Å²) in [7, 11) is 0. The van der Waals surface area contributed by atoms with Crippen LogP contribution >= 0.6 is 0 Å². The van der Waals surface area contributed by atoms with Gasteiger partial charge in [0.1, 0.15) is 5.75 Å². The van der Waals surface area contributed by atoms with Crippen LogP contribution in [0.2, 0.25) is 0 Å². The number of para-hydroxylation sites is 1. The highest BCUT2D eigenvalue weighted by atomic mass is 16.5. The molecule has 4 heteroatoms. The molecule has 0 aliphatic rings. The highest BCUT2D eigenvalue weighted by molar-refractivity contribution is 6.32. The summed E-state index contributed by atoms with van der Waals surface area (Å²) in [6.07, 6.45) is 0.424. The predicted molar refractivity (Wildman–Crippen MR) is 63.2 cm³/mol. The summed E-state index contributed by atoms with van der Waals surface area (Å²) in [5.74, 6) is -1.45. The minimum atomic E-state index is -1.38. The lowest BCUT2D eigenvalue weighted by Crippen LogP contribution is -2.13. The Morgan fingerprint density at radius 2 is 1.94 bits per heavy atom. The van der Waals surface area contributed by atoms with Crippen LogP contribution in [-0.4, -0.2) is 23.0 Å². The van der Waals surface area contributed by atoms with Crippen molar-refractivity contribution in [1.82, 2.24) is 0 Å². The summed E-state index contributed by atoms with van der Waals surface area (Å²) in [5, 5.41) is 8.49. The van der Waals surface area contributed by atoms with Crippen molar-refractivity contribution in [3.05, 3.63) is 29.8 Å². The molecule has 0 atom stereocenters. The minimum Gasteiger partial charge on any atom is -0.491 e. The Balaban J connectivity index is 2.70. The number of hydrogen-bond donors (Lipinski definition) is 1. The van der Waals surface area contributed by atoms with Gasteiger partial charge in [-0.25, -0.2) is 4.79 Å². The van der Waals surface area contributed by atoms with Gasteiger partial charge in [0.25, 0.3) is 0 Å². The Labute approximate surface area is 100 Å². The van der Waals surface area contributed by atoms with Crippen LogP contribution in [0.5, 0.6) is 5.75 Å². The van der Waals surface area contributed by atoms with Crippen LogP contribution in [0.15, 0.2) is 24.3 Å². The molecule has 0 aliphatic heterocycles. The van der Waals surface area contributed by atoms with E-state index >= 15 is 0 Å². The largest absolute Gasteiger partial charge is 0.491 e. The van der Waals surface area contributed by atoms with Gasteiger partial charge in [-0.05, 0) is 31.9 Å².